The Morgan fingerprint density at radius 3 is 1.54 bits per heavy atom. The van der Waals surface area contributed by atoms with Gasteiger partial charge in [0.2, 0.25) is 0 Å². The summed E-state index contributed by atoms with van der Waals surface area (Å²) in [5, 5.41) is 26.7. The van der Waals surface area contributed by atoms with Crippen LogP contribution in [0.3, 0.4) is 0 Å². The van der Waals surface area contributed by atoms with Gasteiger partial charge < -0.3 is 19.9 Å². The number of aromatic hydroxyl groups is 2. The Balaban J connectivity index is 1.54. The number of phenols is 2. The van der Waals surface area contributed by atoms with Crippen molar-refractivity contribution >= 4 is 12.4 Å². The first-order chi connectivity index (χ1) is 11.8. The van der Waals surface area contributed by atoms with Crippen LogP contribution in [0.4, 0.5) is 0 Å². The molecule has 0 aromatic heterocycles. The molecule has 24 heavy (non-hydrogen) atoms. The lowest BCUT2D eigenvalue weighted by molar-refractivity contribution is 0.112. The molecule has 126 valence electrons. The van der Waals surface area contributed by atoms with E-state index in [1.54, 1.807) is 36.4 Å². The number of hydrogen-bond donors (Lipinski definition) is 2. The summed E-state index contributed by atoms with van der Waals surface area (Å²) >= 11 is 0. The molecule has 0 saturated carbocycles. The maximum absolute atomic E-state index is 9.54. The predicted octanol–water partition coefficient (Wildman–Crippen LogP) is 3.28. The van der Waals surface area contributed by atoms with E-state index in [1.165, 1.54) is 12.4 Å². The third kappa shape index (κ3) is 6.00. The Labute approximate surface area is 140 Å². The maximum Gasteiger partial charge on any atom is 0.124 e. The van der Waals surface area contributed by atoms with Crippen LogP contribution in [0.25, 0.3) is 0 Å². The molecule has 6 heteroatoms. The molecule has 2 rings (SSSR count). The van der Waals surface area contributed by atoms with Gasteiger partial charge in [0.15, 0.2) is 0 Å². The van der Waals surface area contributed by atoms with Crippen molar-refractivity contribution in [1.82, 2.24) is 0 Å². The highest BCUT2D eigenvalue weighted by Gasteiger charge is 1.96. The summed E-state index contributed by atoms with van der Waals surface area (Å²) in [6.45, 7) is 0.910. The van der Waals surface area contributed by atoms with Gasteiger partial charge in [-0.3, -0.25) is 0 Å². The molecular formula is C18H20N2O4. The van der Waals surface area contributed by atoms with E-state index in [9.17, 15) is 10.2 Å². The van der Waals surface area contributed by atoms with Crippen molar-refractivity contribution in [2.45, 2.75) is 12.8 Å². The molecule has 0 aliphatic rings. The molecule has 0 fully saturated rings. The number of hydrogen-bond acceptors (Lipinski definition) is 6. The topological polar surface area (TPSA) is 83.6 Å². The number of rotatable bonds is 9. The first kappa shape index (κ1) is 17.3. The van der Waals surface area contributed by atoms with Crippen LogP contribution in [0.5, 0.6) is 11.5 Å². The Hall–Kier alpha value is -3.02. The third-order valence-corrected chi connectivity index (χ3v) is 3.13. The molecule has 0 heterocycles. The average molecular weight is 328 g/mol. The van der Waals surface area contributed by atoms with Crippen LogP contribution in [0, 0.1) is 0 Å². The van der Waals surface area contributed by atoms with Gasteiger partial charge in [0.05, 0.1) is 12.4 Å². The predicted molar refractivity (Wildman–Crippen MR) is 92.5 cm³/mol. The van der Waals surface area contributed by atoms with Crippen LogP contribution in [0.15, 0.2) is 58.8 Å². The molecule has 0 radical (unpaired) electrons. The Morgan fingerprint density at radius 2 is 1.12 bits per heavy atom. The van der Waals surface area contributed by atoms with Crippen molar-refractivity contribution in [3.8, 4) is 11.5 Å². The zero-order chi connectivity index (χ0) is 17.0. The molecule has 0 bridgehead atoms. The fourth-order valence-corrected chi connectivity index (χ4v) is 1.82. The second kappa shape index (κ2) is 9.89. The van der Waals surface area contributed by atoms with E-state index in [0.717, 1.165) is 12.8 Å². The summed E-state index contributed by atoms with van der Waals surface area (Å²) in [5.74, 6) is 0.334. The lowest BCUT2D eigenvalue weighted by atomic mass is 10.2. The number of oxime groups is 2. The van der Waals surface area contributed by atoms with E-state index >= 15 is 0 Å². The van der Waals surface area contributed by atoms with E-state index in [0.29, 0.717) is 24.3 Å². The van der Waals surface area contributed by atoms with E-state index in [-0.39, 0.29) is 11.5 Å². The lowest BCUT2D eigenvalue weighted by Gasteiger charge is -2.01. The standard InChI is InChI=1S/C18H20N2O4/c21-17-9-3-1-7-15(17)13-19-23-11-5-6-12-24-20-14-16-8-2-4-10-18(16)22/h1-4,7-10,13-14,21-22H,5-6,11-12H2. The molecular weight excluding hydrogens is 308 g/mol. The largest absolute Gasteiger partial charge is 0.507 e. The smallest absolute Gasteiger partial charge is 0.124 e. The second-order valence-corrected chi connectivity index (χ2v) is 4.96. The van der Waals surface area contributed by atoms with Crippen LogP contribution in [-0.4, -0.2) is 35.9 Å². The molecule has 0 spiro atoms. The van der Waals surface area contributed by atoms with Gasteiger partial charge >= 0.3 is 0 Å². The summed E-state index contributed by atoms with van der Waals surface area (Å²) < 4.78 is 0. The molecule has 0 atom stereocenters. The van der Waals surface area contributed by atoms with Crippen molar-refractivity contribution in [1.29, 1.82) is 0 Å². The van der Waals surface area contributed by atoms with Gasteiger partial charge in [0, 0.05) is 11.1 Å². The minimum absolute atomic E-state index is 0.167. The Bertz CT molecular complexity index is 627. The first-order valence-electron chi connectivity index (χ1n) is 7.64. The van der Waals surface area contributed by atoms with Crippen LogP contribution in [0.2, 0.25) is 0 Å². The highest BCUT2D eigenvalue weighted by Crippen LogP contribution is 2.13. The highest BCUT2D eigenvalue weighted by atomic mass is 16.6. The minimum Gasteiger partial charge on any atom is -0.507 e. The van der Waals surface area contributed by atoms with Crippen LogP contribution >= 0.6 is 0 Å². The van der Waals surface area contributed by atoms with Crippen LogP contribution in [-0.2, 0) is 9.68 Å². The molecule has 2 aromatic carbocycles. The van der Waals surface area contributed by atoms with Crippen LogP contribution < -0.4 is 0 Å². The van der Waals surface area contributed by atoms with Crippen molar-refractivity contribution in [3.63, 3.8) is 0 Å². The molecule has 2 N–H and O–H groups in total. The van der Waals surface area contributed by atoms with Crippen molar-refractivity contribution in [2.75, 3.05) is 13.2 Å². The molecule has 0 saturated heterocycles. The van der Waals surface area contributed by atoms with E-state index < -0.39 is 0 Å². The molecule has 0 amide bonds. The fourth-order valence-electron chi connectivity index (χ4n) is 1.82. The second-order valence-electron chi connectivity index (χ2n) is 4.96. The summed E-state index contributed by atoms with van der Waals surface area (Å²) in [6, 6.07) is 13.8. The molecule has 0 unspecified atom stereocenters. The van der Waals surface area contributed by atoms with Crippen LogP contribution in [0.1, 0.15) is 24.0 Å². The average Bonchev–Trinajstić information content (AvgIpc) is 2.59. The van der Waals surface area contributed by atoms with E-state index in [2.05, 4.69) is 10.3 Å². The Morgan fingerprint density at radius 1 is 0.708 bits per heavy atom. The van der Waals surface area contributed by atoms with Gasteiger partial charge in [-0.1, -0.05) is 34.6 Å². The SMILES string of the molecule is Oc1ccccc1C=NOCCCCON=Cc1ccccc1O. The number of phenolic OH excluding ortho intramolecular Hbond substituents is 2. The third-order valence-electron chi connectivity index (χ3n) is 3.13. The summed E-state index contributed by atoms with van der Waals surface area (Å²) in [6.07, 6.45) is 4.49. The molecule has 0 aliphatic carbocycles. The van der Waals surface area contributed by atoms with Crippen molar-refractivity contribution < 1.29 is 19.9 Å². The van der Waals surface area contributed by atoms with Gasteiger partial charge in [-0.25, -0.2) is 0 Å². The van der Waals surface area contributed by atoms with E-state index in [4.69, 9.17) is 9.68 Å². The molecule has 0 aliphatic heterocycles. The molecule has 2 aromatic rings. The number of para-hydroxylation sites is 2. The Kier molecular flexibility index (Phi) is 7.14. The van der Waals surface area contributed by atoms with Gasteiger partial charge in [-0.15, -0.1) is 0 Å². The normalized spacial score (nSPS) is 11.2. The zero-order valence-corrected chi connectivity index (χ0v) is 13.2. The van der Waals surface area contributed by atoms with Gasteiger partial charge in [-0.05, 0) is 37.1 Å². The summed E-state index contributed by atoms with van der Waals surface area (Å²) in [4.78, 5) is 10.2. The van der Waals surface area contributed by atoms with Crippen molar-refractivity contribution in [2.24, 2.45) is 10.3 Å². The summed E-state index contributed by atoms with van der Waals surface area (Å²) in [5.41, 5.74) is 1.22. The highest BCUT2D eigenvalue weighted by molar-refractivity contribution is 5.83. The first-order valence-corrected chi connectivity index (χ1v) is 7.64. The quantitative estimate of drug-likeness (QED) is 0.420. The lowest BCUT2D eigenvalue weighted by Crippen LogP contribution is -1.94. The monoisotopic (exact) mass is 328 g/mol. The fraction of sp³-hybridized carbons (Fsp3) is 0.222. The van der Waals surface area contributed by atoms with E-state index in [1.807, 2.05) is 12.1 Å². The zero-order valence-electron chi connectivity index (χ0n) is 13.2. The number of unbranched alkanes of at least 4 members (excludes halogenated alkanes) is 1. The maximum atomic E-state index is 9.54. The van der Waals surface area contributed by atoms with Crippen molar-refractivity contribution in [3.05, 3.63) is 59.7 Å². The minimum atomic E-state index is 0.167. The number of nitrogens with zero attached hydrogens (tertiary/aromatic N) is 2. The van der Waals surface area contributed by atoms with Gasteiger partial charge in [-0.2, -0.15) is 0 Å². The molecule has 6 nitrogen and oxygen atoms in total. The van der Waals surface area contributed by atoms with Gasteiger partial charge in [0.1, 0.15) is 24.7 Å². The summed E-state index contributed by atoms with van der Waals surface area (Å²) in [7, 11) is 0. The number of benzene rings is 2. The van der Waals surface area contributed by atoms with Gasteiger partial charge in [0.25, 0.3) is 0 Å².